The van der Waals surface area contributed by atoms with Crippen LogP contribution in [0.3, 0.4) is 0 Å². The quantitative estimate of drug-likeness (QED) is 0.843. The van der Waals surface area contributed by atoms with E-state index < -0.39 is 0 Å². The molecule has 0 aliphatic heterocycles. The fourth-order valence-electron chi connectivity index (χ4n) is 0.918. The zero-order chi connectivity index (χ0) is 11.3. The molecule has 0 radical (unpaired) electrons. The molecule has 0 spiro atoms. The van der Waals surface area contributed by atoms with Crippen LogP contribution in [0.1, 0.15) is 0 Å². The van der Waals surface area contributed by atoms with E-state index >= 15 is 0 Å². The van der Waals surface area contributed by atoms with Gasteiger partial charge in [-0.25, -0.2) is 4.79 Å². The van der Waals surface area contributed by atoms with Crippen molar-refractivity contribution in [1.82, 2.24) is 5.32 Å². The number of hydrogen-bond donors (Lipinski definition) is 2. The summed E-state index contributed by atoms with van der Waals surface area (Å²) in [7, 11) is 0. The molecule has 1 rings (SSSR count). The first-order chi connectivity index (χ1) is 7.08. The highest BCUT2D eigenvalue weighted by Crippen LogP contribution is 2.14. The fourth-order valence-corrected chi connectivity index (χ4v) is 1.17. The van der Waals surface area contributed by atoms with Crippen LogP contribution in [0, 0.1) is 0 Å². The largest absolute Gasteiger partial charge is 0.333 e. The van der Waals surface area contributed by atoms with Crippen molar-refractivity contribution in [3.63, 3.8) is 0 Å². The van der Waals surface area contributed by atoms with Crippen molar-refractivity contribution in [2.75, 3.05) is 11.9 Å². The van der Waals surface area contributed by atoms with Gasteiger partial charge in [-0.3, -0.25) is 0 Å². The number of rotatable bonds is 3. The van der Waals surface area contributed by atoms with Crippen LogP contribution in [0.2, 0.25) is 5.02 Å². The Morgan fingerprint density at radius 1 is 1.47 bits per heavy atom. The lowest BCUT2D eigenvalue weighted by atomic mass is 10.3. The number of carbonyl (C=O) groups is 1. The van der Waals surface area contributed by atoms with Crippen molar-refractivity contribution in [3.05, 3.63) is 40.9 Å². The number of carbonyl (C=O) groups excluding carboxylic acids is 1. The molecule has 80 valence electrons. The highest BCUT2D eigenvalue weighted by Gasteiger charge is 2.01. The van der Waals surface area contributed by atoms with Crippen LogP contribution < -0.4 is 10.6 Å². The molecule has 0 aliphatic carbocycles. The van der Waals surface area contributed by atoms with Crippen LogP contribution in [-0.2, 0) is 0 Å². The minimum Gasteiger partial charge on any atom is -0.333 e. The van der Waals surface area contributed by atoms with Gasteiger partial charge < -0.3 is 10.6 Å². The predicted octanol–water partition coefficient (Wildman–Crippen LogP) is 3.21. The molecule has 15 heavy (non-hydrogen) atoms. The van der Waals surface area contributed by atoms with Crippen molar-refractivity contribution in [3.8, 4) is 0 Å². The summed E-state index contributed by atoms with van der Waals surface area (Å²) in [5.74, 6) is 0. The topological polar surface area (TPSA) is 41.1 Å². The number of anilines is 1. The fraction of sp³-hybridized carbons (Fsp3) is 0.100. The van der Waals surface area contributed by atoms with Crippen molar-refractivity contribution >= 4 is 34.9 Å². The maximum atomic E-state index is 11.3. The van der Waals surface area contributed by atoms with Crippen LogP contribution in [0.5, 0.6) is 0 Å². The lowest BCUT2D eigenvalue weighted by Crippen LogP contribution is -2.29. The molecule has 0 saturated carbocycles. The van der Waals surface area contributed by atoms with E-state index in [1.807, 2.05) is 0 Å². The first-order valence-corrected chi connectivity index (χ1v) is 4.97. The Labute approximate surface area is 98.1 Å². The molecule has 5 heteroatoms. The van der Waals surface area contributed by atoms with Gasteiger partial charge in [-0.05, 0) is 18.2 Å². The normalized spacial score (nSPS) is 9.47. The Kier molecular flexibility index (Phi) is 4.46. The van der Waals surface area contributed by atoms with Gasteiger partial charge in [-0.2, -0.15) is 0 Å². The van der Waals surface area contributed by atoms with E-state index in [1.165, 1.54) is 0 Å². The third kappa shape index (κ3) is 4.72. The first-order valence-electron chi connectivity index (χ1n) is 4.21. The summed E-state index contributed by atoms with van der Waals surface area (Å²) >= 11 is 11.2. The molecule has 3 nitrogen and oxygen atoms in total. The Hall–Kier alpha value is -1.19. The Balaban J connectivity index is 2.48. The maximum absolute atomic E-state index is 11.3. The third-order valence-electron chi connectivity index (χ3n) is 1.52. The second-order valence-corrected chi connectivity index (χ2v) is 3.81. The first kappa shape index (κ1) is 11.9. The summed E-state index contributed by atoms with van der Waals surface area (Å²) < 4.78 is 0. The number of benzene rings is 1. The van der Waals surface area contributed by atoms with Gasteiger partial charge in [0.1, 0.15) is 0 Å². The van der Waals surface area contributed by atoms with Gasteiger partial charge in [0.05, 0.1) is 6.54 Å². The van der Waals surface area contributed by atoms with E-state index in [0.29, 0.717) is 15.7 Å². The number of hydrogen-bond acceptors (Lipinski definition) is 1. The zero-order valence-corrected chi connectivity index (χ0v) is 9.40. The second kappa shape index (κ2) is 5.63. The van der Waals surface area contributed by atoms with Crippen molar-refractivity contribution < 1.29 is 4.79 Å². The average Bonchev–Trinajstić information content (AvgIpc) is 2.15. The molecule has 0 aromatic heterocycles. The minimum absolute atomic E-state index is 0.230. The SMILES string of the molecule is C=C(Cl)CNC(=O)Nc1cccc(Cl)c1. The lowest BCUT2D eigenvalue weighted by Gasteiger charge is -2.06. The van der Waals surface area contributed by atoms with Crippen LogP contribution >= 0.6 is 23.2 Å². The molecule has 0 aliphatic rings. The van der Waals surface area contributed by atoms with E-state index in [-0.39, 0.29) is 12.6 Å². The smallest absolute Gasteiger partial charge is 0.319 e. The maximum Gasteiger partial charge on any atom is 0.319 e. The monoisotopic (exact) mass is 244 g/mol. The standard InChI is InChI=1S/C10H10Cl2N2O/c1-7(11)6-13-10(15)14-9-4-2-3-8(12)5-9/h2-5H,1,6H2,(H2,13,14,15). The van der Waals surface area contributed by atoms with Crippen molar-refractivity contribution in [1.29, 1.82) is 0 Å². The van der Waals surface area contributed by atoms with E-state index in [2.05, 4.69) is 17.2 Å². The van der Waals surface area contributed by atoms with Crippen LogP contribution in [0.25, 0.3) is 0 Å². The molecule has 1 aromatic carbocycles. The summed E-state index contributed by atoms with van der Waals surface area (Å²) in [5.41, 5.74) is 0.625. The van der Waals surface area contributed by atoms with E-state index in [9.17, 15) is 4.79 Å². The Morgan fingerprint density at radius 3 is 2.80 bits per heavy atom. The summed E-state index contributed by atoms with van der Waals surface area (Å²) in [6.45, 7) is 3.68. The highest BCUT2D eigenvalue weighted by molar-refractivity contribution is 6.31. The van der Waals surface area contributed by atoms with Gasteiger partial charge in [0, 0.05) is 15.7 Å². The molecule has 0 bridgehead atoms. The molecule has 1 aromatic rings. The van der Waals surface area contributed by atoms with E-state index in [4.69, 9.17) is 23.2 Å². The van der Waals surface area contributed by atoms with Crippen LogP contribution in [0.15, 0.2) is 35.9 Å². The average molecular weight is 245 g/mol. The van der Waals surface area contributed by atoms with E-state index in [0.717, 1.165) is 0 Å². The number of nitrogens with one attached hydrogen (secondary N) is 2. The molecule has 2 amide bonds. The zero-order valence-electron chi connectivity index (χ0n) is 7.89. The van der Waals surface area contributed by atoms with Gasteiger partial charge in [0.2, 0.25) is 0 Å². The number of amides is 2. The molecular weight excluding hydrogens is 235 g/mol. The predicted molar refractivity (Wildman–Crippen MR) is 63.5 cm³/mol. The summed E-state index contributed by atoms with van der Waals surface area (Å²) in [6.07, 6.45) is 0. The number of urea groups is 1. The lowest BCUT2D eigenvalue weighted by molar-refractivity contribution is 0.253. The molecule has 0 fully saturated rings. The third-order valence-corrected chi connectivity index (χ3v) is 1.89. The summed E-state index contributed by atoms with van der Waals surface area (Å²) in [4.78, 5) is 11.3. The Bertz CT molecular complexity index is 379. The van der Waals surface area contributed by atoms with Crippen LogP contribution in [-0.4, -0.2) is 12.6 Å². The molecule has 0 heterocycles. The van der Waals surface area contributed by atoms with E-state index in [1.54, 1.807) is 24.3 Å². The van der Waals surface area contributed by atoms with Gasteiger partial charge in [0.15, 0.2) is 0 Å². The van der Waals surface area contributed by atoms with Gasteiger partial charge in [0.25, 0.3) is 0 Å². The van der Waals surface area contributed by atoms with Crippen molar-refractivity contribution in [2.24, 2.45) is 0 Å². The van der Waals surface area contributed by atoms with Gasteiger partial charge in [-0.15, -0.1) is 0 Å². The molecular formula is C10H10Cl2N2O. The van der Waals surface area contributed by atoms with Crippen molar-refractivity contribution in [2.45, 2.75) is 0 Å². The Morgan fingerprint density at radius 2 is 2.20 bits per heavy atom. The van der Waals surface area contributed by atoms with Crippen LogP contribution in [0.4, 0.5) is 10.5 Å². The highest BCUT2D eigenvalue weighted by atomic mass is 35.5. The van der Waals surface area contributed by atoms with Gasteiger partial charge >= 0.3 is 6.03 Å². The van der Waals surface area contributed by atoms with Gasteiger partial charge in [-0.1, -0.05) is 35.8 Å². The molecule has 0 unspecified atom stereocenters. The second-order valence-electron chi connectivity index (χ2n) is 2.84. The molecule has 0 atom stereocenters. The molecule has 2 N–H and O–H groups in total. The molecule has 0 saturated heterocycles. The minimum atomic E-state index is -0.348. The summed E-state index contributed by atoms with van der Waals surface area (Å²) in [6, 6.07) is 6.51. The number of halogens is 2. The summed E-state index contributed by atoms with van der Waals surface area (Å²) in [5, 5.41) is 6.07.